The van der Waals surface area contributed by atoms with Gasteiger partial charge in [0.2, 0.25) is 0 Å². The molecule has 0 unspecified atom stereocenters. The Hall–Kier alpha value is -3.61. The van der Waals surface area contributed by atoms with Gasteiger partial charge in [-0.1, -0.05) is 24.3 Å². The summed E-state index contributed by atoms with van der Waals surface area (Å²) in [6.45, 7) is 2.51. The van der Waals surface area contributed by atoms with Crippen molar-refractivity contribution in [1.82, 2.24) is 10.3 Å². The molecule has 3 rings (SSSR count). The third-order valence-electron chi connectivity index (χ3n) is 4.31. The Morgan fingerprint density at radius 3 is 2.50 bits per heavy atom. The third kappa shape index (κ3) is 4.56. The number of benzene rings is 2. The number of nitrogens with two attached hydrogens (primary N) is 1. The SMILES string of the molecule is CCOC(=O)Cc1ccc(CNC(=O)c2cc3cc(C(=N)N)ccc3[nH]2)cc1. The van der Waals surface area contributed by atoms with Gasteiger partial charge in [-0.15, -0.1) is 0 Å². The summed E-state index contributed by atoms with van der Waals surface area (Å²) in [5.41, 5.74) is 9.15. The highest BCUT2D eigenvalue weighted by Crippen LogP contribution is 2.17. The van der Waals surface area contributed by atoms with Crippen LogP contribution in [0.15, 0.2) is 48.5 Å². The fraction of sp³-hybridized carbons (Fsp3) is 0.190. The monoisotopic (exact) mass is 378 g/mol. The lowest BCUT2D eigenvalue weighted by Crippen LogP contribution is -2.23. The van der Waals surface area contributed by atoms with Crippen molar-refractivity contribution in [2.45, 2.75) is 19.9 Å². The van der Waals surface area contributed by atoms with Crippen molar-refractivity contribution in [3.05, 3.63) is 70.9 Å². The number of hydrogen-bond acceptors (Lipinski definition) is 4. The number of nitrogen functional groups attached to an aromatic ring is 1. The highest BCUT2D eigenvalue weighted by molar-refractivity contribution is 6.02. The second-order valence-corrected chi connectivity index (χ2v) is 6.38. The second-order valence-electron chi connectivity index (χ2n) is 6.38. The van der Waals surface area contributed by atoms with Gasteiger partial charge >= 0.3 is 5.97 Å². The van der Waals surface area contributed by atoms with Crippen molar-refractivity contribution in [1.29, 1.82) is 5.41 Å². The predicted octanol–water partition coefficient (Wildman–Crippen LogP) is 2.49. The maximum Gasteiger partial charge on any atom is 0.310 e. The molecule has 5 N–H and O–H groups in total. The van der Waals surface area contributed by atoms with E-state index in [-0.39, 0.29) is 24.1 Å². The molecule has 144 valence electrons. The molecule has 1 heterocycles. The van der Waals surface area contributed by atoms with Gasteiger partial charge in [0.15, 0.2) is 0 Å². The van der Waals surface area contributed by atoms with Gasteiger partial charge in [-0.05, 0) is 42.3 Å². The maximum absolute atomic E-state index is 12.4. The lowest BCUT2D eigenvalue weighted by Gasteiger charge is -2.06. The molecule has 0 radical (unpaired) electrons. The highest BCUT2D eigenvalue weighted by atomic mass is 16.5. The van der Waals surface area contributed by atoms with Gasteiger partial charge in [0.05, 0.1) is 13.0 Å². The normalized spacial score (nSPS) is 10.6. The van der Waals surface area contributed by atoms with Crippen molar-refractivity contribution in [2.24, 2.45) is 5.73 Å². The van der Waals surface area contributed by atoms with E-state index in [1.54, 1.807) is 31.2 Å². The molecule has 2 aromatic carbocycles. The zero-order valence-corrected chi connectivity index (χ0v) is 15.5. The zero-order chi connectivity index (χ0) is 20.1. The van der Waals surface area contributed by atoms with E-state index < -0.39 is 0 Å². The van der Waals surface area contributed by atoms with Crippen LogP contribution >= 0.6 is 0 Å². The molecule has 0 saturated heterocycles. The van der Waals surface area contributed by atoms with E-state index in [0.717, 1.165) is 22.0 Å². The minimum absolute atomic E-state index is 0.0134. The fourth-order valence-corrected chi connectivity index (χ4v) is 2.85. The Morgan fingerprint density at radius 2 is 1.82 bits per heavy atom. The molecule has 0 aliphatic rings. The quantitative estimate of drug-likeness (QED) is 0.287. The number of rotatable bonds is 7. The average molecular weight is 378 g/mol. The van der Waals surface area contributed by atoms with Gasteiger partial charge in [-0.2, -0.15) is 0 Å². The lowest BCUT2D eigenvalue weighted by molar-refractivity contribution is -0.142. The minimum Gasteiger partial charge on any atom is -0.466 e. The summed E-state index contributed by atoms with van der Waals surface area (Å²) in [7, 11) is 0. The molecular weight excluding hydrogens is 356 g/mol. The Kier molecular flexibility index (Phi) is 5.74. The van der Waals surface area contributed by atoms with E-state index in [9.17, 15) is 9.59 Å². The first kappa shape index (κ1) is 19.2. The zero-order valence-electron chi connectivity index (χ0n) is 15.5. The summed E-state index contributed by atoms with van der Waals surface area (Å²) >= 11 is 0. The Labute approximate surface area is 162 Å². The van der Waals surface area contributed by atoms with Crippen molar-refractivity contribution in [3.8, 4) is 0 Å². The molecule has 0 atom stereocenters. The van der Waals surface area contributed by atoms with Crippen molar-refractivity contribution < 1.29 is 14.3 Å². The molecule has 0 aliphatic heterocycles. The number of fused-ring (bicyclic) bond motifs is 1. The third-order valence-corrected chi connectivity index (χ3v) is 4.31. The number of H-pyrrole nitrogens is 1. The minimum atomic E-state index is -0.254. The fourth-order valence-electron chi connectivity index (χ4n) is 2.85. The number of aromatic nitrogens is 1. The van der Waals surface area contributed by atoms with E-state index in [2.05, 4.69) is 10.3 Å². The predicted molar refractivity (Wildman–Crippen MR) is 107 cm³/mol. The number of nitrogens with one attached hydrogen (secondary N) is 3. The molecule has 3 aromatic rings. The van der Waals surface area contributed by atoms with Crippen LogP contribution in [0.25, 0.3) is 10.9 Å². The van der Waals surface area contributed by atoms with Crippen LogP contribution in [0.5, 0.6) is 0 Å². The summed E-state index contributed by atoms with van der Waals surface area (Å²) in [5, 5.41) is 11.2. The average Bonchev–Trinajstić information content (AvgIpc) is 3.10. The number of aromatic amines is 1. The van der Waals surface area contributed by atoms with Crippen LogP contribution in [0.4, 0.5) is 0 Å². The first-order valence-electron chi connectivity index (χ1n) is 8.95. The number of hydrogen-bond donors (Lipinski definition) is 4. The van der Waals surface area contributed by atoms with E-state index in [4.69, 9.17) is 15.9 Å². The molecule has 0 fully saturated rings. The van der Waals surface area contributed by atoms with Crippen LogP contribution in [0.3, 0.4) is 0 Å². The van der Waals surface area contributed by atoms with Crippen LogP contribution in [0.1, 0.15) is 34.1 Å². The topological polar surface area (TPSA) is 121 Å². The molecular formula is C21H22N4O3. The highest BCUT2D eigenvalue weighted by Gasteiger charge is 2.10. The number of ether oxygens (including phenoxy) is 1. The Bertz CT molecular complexity index is 1020. The number of esters is 1. The molecule has 7 heteroatoms. The van der Waals surface area contributed by atoms with Gasteiger partial charge in [-0.25, -0.2) is 0 Å². The number of carbonyl (C=O) groups is 2. The van der Waals surface area contributed by atoms with Crippen molar-refractivity contribution in [2.75, 3.05) is 6.61 Å². The molecule has 0 aliphatic carbocycles. The molecule has 1 aromatic heterocycles. The van der Waals surface area contributed by atoms with Crippen LogP contribution in [-0.4, -0.2) is 29.3 Å². The molecule has 0 saturated carbocycles. The van der Waals surface area contributed by atoms with E-state index in [0.29, 0.717) is 24.4 Å². The van der Waals surface area contributed by atoms with Gasteiger partial charge < -0.3 is 20.8 Å². The maximum atomic E-state index is 12.4. The smallest absolute Gasteiger partial charge is 0.310 e. The van der Waals surface area contributed by atoms with Gasteiger partial charge in [0, 0.05) is 23.0 Å². The number of amidine groups is 1. The number of carbonyl (C=O) groups excluding carboxylic acids is 2. The van der Waals surface area contributed by atoms with Crippen LogP contribution < -0.4 is 11.1 Å². The van der Waals surface area contributed by atoms with E-state index >= 15 is 0 Å². The lowest BCUT2D eigenvalue weighted by atomic mass is 10.1. The summed E-state index contributed by atoms with van der Waals surface area (Å²) < 4.78 is 4.93. The largest absolute Gasteiger partial charge is 0.466 e. The summed E-state index contributed by atoms with van der Waals surface area (Å²) in [6.07, 6.45) is 0.234. The second kappa shape index (κ2) is 8.39. The molecule has 7 nitrogen and oxygen atoms in total. The van der Waals surface area contributed by atoms with Gasteiger partial charge in [0.25, 0.3) is 5.91 Å². The van der Waals surface area contributed by atoms with Crippen molar-refractivity contribution in [3.63, 3.8) is 0 Å². The summed E-state index contributed by atoms with van der Waals surface area (Å²) in [5.74, 6) is -0.494. The van der Waals surface area contributed by atoms with Crippen LogP contribution in [0.2, 0.25) is 0 Å². The summed E-state index contributed by atoms with van der Waals surface area (Å²) in [4.78, 5) is 27.0. The summed E-state index contributed by atoms with van der Waals surface area (Å²) in [6, 6.07) is 14.5. The standard InChI is InChI=1S/C21H22N4O3/c1-2-28-19(26)9-13-3-5-14(6-4-13)12-24-21(27)18-11-16-10-15(20(22)23)7-8-17(16)25-18/h3-8,10-11,25H,2,9,12H2,1H3,(H3,22,23)(H,24,27). The van der Waals surface area contributed by atoms with Gasteiger partial charge in [-0.3, -0.25) is 15.0 Å². The molecule has 0 spiro atoms. The first-order valence-corrected chi connectivity index (χ1v) is 8.95. The first-order chi connectivity index (χ1) is 13.5. The Balaban J connectivity index is 1.61. The molecule has 1 amide bonds. The number of amides is 1. The van der Waals surface area contributed by atoms with Crippen molar-refractivity contribution >= 4 is 28.6 Å². The molecule has 0 bridgehead atoms. The van der Waals surface area contributed by atoms with Crippen LogP contribution in [0, 0.1) is 5.41 Å². The van der Waals surface area contributed by atoms with Gasteiger partial charge in [0.1, 0.15) is 11.5 Å². The molecule has 28 heavy (non-hydrogen) atoms. The van der Waals surface area contributed by atoms with E-state index in [1.165, 1.54) is 0 Å². The van der Waals surface area contributed by atoms with Crippen LogP contribution in [-0.2, 0) is 22.5 Å². The Morgan fingerprint density at radius 1 is 1.11 bits per heavy atom. The van der Waals surface area contributed by atoms with E-state index in [1.807, 2.05) is 24.3 Å².